The van der Waals surface area contributed by atoms with E-state index in [2.05, 4.69) is 34.6 Å². The number of amides is 1. The Morgan fingerprint density at radius 2 is 1.94 bits per heavy atom. The van der Waals surface area contributed by atoms with Gasteiger partial charge in [0.1, 0.15) is 5.75 Å². The normalized spacial score (nSPS) is 20.7. The molecule has 3 fully saturated rings. The largest absolute Gasteiger partial charge is 0.484 e. The fourth-order valence-electron chi connectivity index (χ4n) is 4.94. The predicted octanol–water partition coefficient (Wildman–Crippen LogP) is 3.51. The number of nitrogens with zero attached hydrogens (tertiary/aromatic N) is 2. The van der Waals surface area contributed by atoms with Crippen molar-refractivity contribution < 1.29 is 9.53 Å². The lowest BCUT2D eigenvalue weighted by Crippen LogP contribution is -2.41. The number of carbonyl (C=O) groups is 1. The smallest absolute Gasteiger partial charge is 0.258 e. The Balaban J connectivity index is 1.24. The van der Waals surface area contributed by atoms with Crippen molar-refractivity contribution in [3.63, 3.8) is 0 Å². The second-order valence-electron chi connectivity index (χ2n) is 9.49. The molecule has 0 aromatic heterocycles. The van der Waals surface area contributed by atoms with Gasteiger partial charge in [-0.3, -0.25) is 9.79 Å². The number of ether oxygens (including phenoxy) is 1. The van der Waals surface area contributed by atoms with Gasteiger partial charge in [0.15, 0.2) is 12.6 Å². The molecule has 1 aromatic rings. The first-order valence-corrected chi connectivity index (χ1v) is 12.2. The molecule has 31 heavy (non-hydrogen) atoms. The Bertz CT molecular complexity index is 751. The third-order valence-corrected chi connectivity index (χ3v) is 6.88. The Hall–Kier alpha value is -2.24. The molecule has 0 unspecified atom stereocenters. The van der Waals surface area contributed by atoms with Gasteiger partial charge in [-0.25, -0.2) is 0 Å². The fraction of sp³-hybridized carbons (Fsp3) is 0.680. The molecule has 6 nitrogen and oxygen atoms in total. The summed E-state index contributed by atoms with van der Waals surface area (Å²) in [5.41, 5.74) is 1.78. The zero-order chi connectivity index (χ0) is 21.5. The highest BCUT2D eigenvalue weighted by Gasteiger charge is 2.39. The first-order chi connectivity index (χ1) is 15.2. The molecular formula is C25H38N4O2. The van der Waals surface area contributed by atoms with E-state index in [1.54, 1.807) is 0 Å². The van der Waals surface area contributed by atoms with Crippen LogP contribution in [0, 0.1) is 5.41 Å². The van der Waals surface area contributed by atoms with Crippen molar-refractivity contribution in [2.24, 2.45) is 10.4 Å². The molecule has 1 amide bonds. The van der Waals surface area contributed by atoms with Crippen LogP contribution >= 0.6 is 0 Å². The van der Waals surface area contributed by atoms with Crippen LogP contribution in [0.15, 0.2) is 29.3 Å². The summed E-state index contributed by atoms with van der Waals surface area (Å²) in [4.78, 5) is 19.2. The lowest BCUT2D eigenvalue weighted by atomic mass is 9.73. The van der Waals surface area contributed by atoms with E-state index in [1.807, 2.05) is 12.1 Å². The topological polar surface area (TPSA) is 66.0 Å². The molecule has 3 aliphatic rings. The number of hydrogen-bond donors (Lipinski definition) is 2. The first kappa shape index (κ1) is 22.0. The van der Waals surface area contributed by atoms with E-state index in [4.69, 9.17) is 9.73 Å². The van der Waals surface area contributed by atoms with E-state index in [0.29, 0.717) is 11.5 Å². The van der Waals surface area contributed by atoms with Crippen molar-refractivity contribution >= 4 is 11.9 Å². The van der Waals surface area contributed by atoms with Crippen LogP contribution in [-0.2, 0) is 11.2 Å². The van der Waals surface area contributed by atoms with Gasteiger partial charge in [0.25, 0.3) is 5.91 Å². The number of guanidine groups is 1. The van der Waals surface area contributed by atoms with Gasteiger partial charge in [-0.2, -0.15) is 0 Å². The van der Waals surface area contributed by atoms with E-state index < -0.39 is 0 Å². The number of likely N-dealkylation sites (tertiary alicyclic amines) is 1. The third kappa shape index (κ3) is 6.37. The van der Waals surface area contributed by atoms with E-state index in [0.717, 1.165) is 50.6 Å². The van der Waals surface area contributed by atoms with E-state index >= 15 is 0 Å². The SMILES string of the molecule is CCNC(=NCCc1ccc(OCC(=O)NC2CC2)cc1)N1CCC2(CCCCC2)C1. The number of aliphatic imine (C=N–C) groups is 1. The molecule has 6 heteroatoms. The molecule has 1 aliphatic heterocycles. The van der Waals surface area contributed by atoms with Crippen LogP contribution in [0.3, 0.4) is 0 Å². The predicted molar refractivity (Wildman–Crippen MR) is 124 cm³/mol. The van der Waals surface area contributed by atoms with Gasteiger partial charge in [0, 0.05) is 32.2 Å². The van der Waals surface area contributed by atoms with Gasteiger partial charge in [-0.05, 0) is 68.6 Å². The summed E-state index contributed by atoms with van der Waals surface area (Å²) in [5, 5.41) is 6.44. The fourth-order valence-corrected chi connectivity index (χ4v) is 4.94. The zero-order valence-corrected chi connectivity index (χ0v) is 19.0. The highest BCUT2D eigenvalue weighted by molar-refractivity contribution is 5.80. The molecule has 1 heterocycles. The van der Waals surface area contributed by atoms with Gasteiger partial charge in [-0.1, -0.05) is 31.4 Å². The molecule has 1 aromatic carbocycles. The van der Waals surface area contributed by atoms with Crippen LogP contribution in [0.4, 0.5) is 0 Å². The van der Waals surface area contributed by atoms with Crippen LogP contribution in [0.5, 0.6) is 5.75 Å². The van der Waals surface area contributed by atoms with Crippen LogP contribution in [0.2, 0.25) is 0 Å². The molecular weight excluding hydrogens is 388 g/mol. The summed E-state index contributed by atoms with van der Waals surface area (Å²) < 4.78 is 5.59. The minimum atomic E-state index is -0.0335. The first-order valence-electron chi connectivity index (χ1n) is 12.2. The Kier molecular flexibility index (Phi) is 7.36. The standard InChI is InChI=1S/C25H38N4O2/c1-2-26-24(29-17-15-25(19-29)13-4-3-5-14-25)27-16-12-20-6-10-22(11-7-20)31-18-23(30)28-21-8-9-21/h6-7,10-11,21H,2-5,8-9,12-19H2,1H3,(H,26,27)(H,28,30). The second-order valence-corrected chi connectivity index (χ2v) is 9.49. The Morgan fingerprint density at radius 1 is 1.16 bits per heavy atom. The van der Waals surface area contributed by atoms with Crippen molar-refractivity contribution in [1.82, 2.24) is 15.5 Å². The monoisotopic (exact) mass is 426 g/mol. The summed E-state index contributed by atoms with van der Waals surface area (Å²) in [6.07, 6.45) is 11.4. The summed E-state index contributed by atoms with van der Waals surface area (Å²) in [5.74, 6) is 1.78. The van der Waals surface area contributed by atoms with Crippen LogP contribution in [0.25, 0.3) is 0 Å². The zero-order valence-electron chi connectivity index (χ0n) is 19.0. The van der Waals surface area contributed by atoms with Gasteiger partial charge < -0.3 is 20.3 Å². The summed E-state index contributed by atoms with van der Waals surface area (Å²) >= 11 is 0. The van der Waals surface area contributed by atoms with Crippen molar-refractivity contribution in [2.45, 2.75) is 70.8 Å². The van der Waals surface area contributed by atoms with Crippen molar-refractivity contribution in [3.8, 4) is 5.75 Å². The third-order valence-electron chi connectivity index (χ3n) is 6.88. The molecule has 4 rings (SSSR count). The van der Waals surface area contributed by atoms with E-state index in [1.165, 1.54) is 50.6 Å². The average Bonchev–Trinajstić information content (AvgIpc) is 3.51. The van der Waals surface area contributed by atoms with Crippen molar-refractivity contribution in [3.05, 3.63) is 29.8 Å². The number of nitrogens with one attached hydrogen (secondary N) is 2. The van der Waals surface area contributed by atoms with Crippen LogP contribution in [-0.4, -0.2) is 55.6 Å². The van der Waals surface area contributed by atoms with Crippen molar-refractivity contribution in [1.29, 1.82) is 0 Å². The highest BCUT2D eigenvalue weighted by atomic mass is 16.5. The molecule has 0 atom stereocenters. The lowest BCUT2D eigenvalue weighted by Gasteiger charge is -2.33. The van der Waals surface area contributed by atoms with Gasteiger partial charge >= 0.3 is 0 Å². The number of hydrogen-bond acceptors (Lipinski definition) is 3. The number of carbonyl (C=O) groups excluding carboxylic acids is 1. The lowest BCUT2D eigenvalue weighted by molar-refractivity contribution is -0.123. The van der Waals surface area contributed by atoms with E-state index in [9.17, 15) is 4.79 Å². The minimum Gasteiger partial charge on any atom is -0.484 e. The van der Waals surface area contributed by atoms with Gasteiger partial charge in [0.2, 0.25) is 0 Å². The van der Waals surface area contributed by atoms with Crippen LogP contribution in [0.1, 0.15) is 63.9 Å². The Morgan fingerprint density at radius 3 is 2.65 bits per heavy atom. The Labute approximate surface area is 186 Å². The summed E-state index contributed by atoms with van der Waals surface area (Å²) in [6, 6.07) is 8.41. The second kappa shape index (κ2) is 10.4. The van der Waals surface area contributed by atoms with Gasteiger partial charge in [-0.15, -0.1) is 0 Å². The average molecular weight is 427 g/mol. The summed E-state index contributed by atoms with van der Waals surface area (Å²) in [7, 11) is 0. The van der Waals surface area contributed by atoms with E-state index in [-0.39, 0.29) is 12.5 Å². The maximum absolute atomic E-state index is 11.7. The maximum Gasteiger partial charge on any atom is 0.258 e. The number of benzene rings is 1. The molecule has 1 spiro atoms. The number of rotatable bonds is 8. The molecule has 2 N–H and O–H groups in total. The molecule has 0 radical (unpaired) electrons. The van der Waals surface area contributed by atoms with Crippen molar-refractivity contribution in [2.75, 3.05) is 32.8 Å². The maximum atomic E-state index is 11.7. The van der Waals surface area contributed by atoms with Gasteiger partial charge in [0.05, 0.1) is 0 Å². The van der Waals surface area contributed by atoms with Crippen LogP contribution < -0.4 is 15.4 Å². The molecule has 170 valence electrons. The quantitative estimate of drug-likeness (QED) is 0.493. The minimum absolute atomic E-state index is 0.0335. The molecule has 0 bridgehead atoms. The summed E-state index contributed by atoms with van der Waals surface area (Å²) in [6.45, 7) is 6.21. The molecule has 1 saturated heterocycles. The molecule has 2 aliphatic carbocycles. The molecule has 2 saturated carbocycles. The highest BCUT2D eigenvalue weighted by Crippen LogP contribution is 2.43.